The van der Waals surface area contributed by atoms with E-state index in [4.69, 9.17) is 4.74 Å². The fraction of sp³-hybridized carbons (Fsp3) is 0.353. The Morgan fingerprint density at radius 2 is 1.96 bits per heavy atom. The minimum absolute atomic E-state index is 0.261. The third kappa shape index (κ3) is 4.95. The fourth-order valence-corrected chi connectivity index (χ4v) is 1.98. The van der Waals surface area contributed by atoms with E-state index < -0.39 is 0 Å². The van der Waals surface area contributed by atoms with Crippen molar-refractivity contribution in [2.45, 2.75) is 26.7 Å². The molecule has 0 aliphatic heterocycles. The SMILES string of the molecule is CCCCNc1ccc(C(=O)Nc2ccccc2OCC)nn1. The first-order valence-corrected chi connectivity index (χ1v) is 7.85. The summed E-state index contributed by atoms with van der Waals surface area (Å²) in [5.74, 6) is 0.989. The van der Waals surface area contributed by atoms with E-state index in [0.717, 1.165) is 19.4 Å². The van der Waals surface area contributed by atoms with Gasteiger partial charge in [-0.15, -0.1) is 10.2 Å². The van der Waals surface area contributed by atoms with Gasteiger partial charge < -0.3 is 15.4 Å². The summed E-state index contributed by atoms with van der Waals surface area (Å²) in [6.07, 6.45) is 2.18. The second-order valence-corrected chi connectivity index (χ2v) is 4.97. The summed E-state index contributed by atoms with van der Waals surface area (Å²) in [5.41, 5.74) is 0.878. The van der Waals surface area contributed by atoms with Gasteiger partial charge in [-0.25, -0.2) is 0 Å². The Balaban J connectivity index is 2.00. The molecule has 0 saturated carbocycles. The lowest BCUT2D eigenvalue weighted by molar-refractivity contribution is 0.102. The largest absolute Gasteiger partial charge is 0.492 e. The van der Waals surface area contributed by atoms with E-state index in [1.807, 2.05) is 25.1 Å². The maximum Gasteiger partial charge on any atom is 0.276 e. The summed E-state index contributed by atoms with van der Waals surface area (Å²) in [5, 5.41) is 13.9. The van der Waals surface area contributed by atoms with Crippen LogP contribution in [0.1, 0.15) is 37.2 Å². The molecule has 0 atom stereocenters. The number of nitrogens with zero attached hydrogens (tertiary/aromatic N) is 2. The van der Waals surface area contributed by atoms with Gasteiger partial charge in [-0.2, -0.15) is 0 Å². The maximum atomic E-state index is 12.3. The van der Waals surface area contributed by atoms with Gasteiger partial charge in [0.05, 0.1) is 12.3 Å². The van der Waals surface area contributed by atoms with Gasteiger partial charge in [-0.3, -0.25) is 4.79 Å². The zero-order chi connectivity index (χ0) is 16.5. The van der Waals surface area contributed by atoms with Crippen LogP contribution in [-0.2, 0) is 0 Å². The van der Waals surface area contributed by atoms with Crippen molar-refractivity contribution in [2.75, 3.05) is 23.8 Å². The highest BCUT2D eigenvalue weighted by Gasteiger charge is 2.11. The van der Waals surface area contributed by atoms with Gasteiger partial charge in [-0.05, 0) is 37.6 Å². The topological polar surface area (TPSA) is 76.1 Å². The zero-order valence-electron chi connectivity index (χ0n) is 13.5. The molecule has 0 radical (unpaired) electrons. The predicted molar refractivity (Wildman–Crippen MR) is 91.0 cm³/mol. The number of amides is 1. The lowest BCUT2D eigenvalue weighted by atomic mass is 10.2. The Hall–Kier alpha value is -2.63. The lowest BCUT2D eigenvalue weighted by Gasteiger charge is -2.11. The maximum absolute atomic E-state index is 12.3. The van der Waals surface area contributed by atoms with Gasteiger partial charge in [0, 0.05) is 6.54 Å². The average Bonchev–Trinajstić information content (AvgIpc) is 2.58. The molecule has 1 aromatic carbocycles. The molecule has 0 spiro atoms. The number of unbranched alkanes of at least 4 members (excludes halogenated alkanes) is 1. The quantitative estimate of drug-likeness (QED) is 0.731. The molecule has 1 aromatic heterocycles. The molecule has 0 aliphatic carbocycles. The highest BCUT2D eigenvalue weighted by Crippen LogP contribution is 2.24. The van der Waals surface area contributed by atoms with Gasteiger partial charge in [-0.1, -0.05) is 25.5 Å². The van der Waals surface area contributed by atoms with Crippen LogP contribution in [0.2, 0.25) is 0 Å². The van der Waals surface area contributed by atoms with E-state index in [2.05, 4.69) is 27.8 Å². The third-order valence-electron chi connectivity index (χ3n) is 3.17. The van der Waals surface area contributed by atoms with Crippen molar-refractivity contribution in [3.8, 4) is 5.75 Å². The molecule has 0 aliphatic rings. The molecule has 23 heavy (non-hydrogen) atoms. The number of hydrogen-bond acceptors (Lipinski definition) is 5. The van der Waals surface area contributed by atoms with E-state index in [-0.39, 0.29) is 11.6 Å². The number of carbonyl (C=O) groups is 1. The van der Waals surface area contributed by atoms with Gasteiger partial charge >= 0.3 is 0 Å². The average molecular weight is 314 g/mol. The molecule has 0 saturated heterocycles. The Bertz CT molecular complexity index is 629. The summed E-state index contributed by atoms with van der Waals surface area (Å²) in [7, 11) is 0. The fourth-order valence-electron chi connectivity index (χ4n) is 1.98. The van der Waals surface area contributed by atoms with Crippen LogP contribution < -0.4 is 15.4 Å². The summed E-state index contributed by atoms with van der Waals surface area (Å²) in [4.78, 5) is 12.3. The summed E-state index contributed by atoms with van der Waals surface area (Å²) >= 11 is 0. The highest BCUT2D eigenvalue weighted by atomic mass is 16.5. The molecular weight excluding hydrogens is 292 g/mol. The predicted octanol–water partition coefficient (Wildman–Crippen LogP) is 3.34. The Labute approximate surface area is 136 Å². The first kappa shape index (κ1) is 16.7. The monoisotopic (exact) mass is 314 g/mol. The number of nitrogens with one attached hydrogen (secondary N) is 2. The molecular formula is C17H22N4O2. The Morgan fingerprint density at radius 1 is 1.13 bits per heavy atom. The molecule has 0 bridgehead atoms. The molecule has 122 valence electrons. The van der Waals surface area contributed by atoms with E-state index in [1.54, 1.807) is 18.2 Å². The highest BCUT2D eigenvalue weighted by molar-refractivity contribution is 6.03. The standard InChI is InChI=1S/C17H22N4O2/c1-3-5-12-18-16-11-10-14(20-21-16)17(22)19-13-8-6-7-9-15(13)23-4-2/h6-11H,3-5,12H2,1-2H3,(H,18,21)(H,19,22). The smallest absolute Gasteiger partial charge is 0.276 e. The molecule has 1 heterocycles. The Morgan fingerprint density at radius 3 is 2.65 bits per heavy atom. The first-order valence-electron chi connectivity index (χ1n) is 7.85. The van der Waals surface area contributed by atoms with Crippen LogP contribution in [0.4, 0.5) is 11.5 Å². The van der Waals surface area contributed by atoms with E-state index >= 15 is 0 Å². The van der Waals surface area contributed by atoms with Crippen LogP contribution in [0.3, 0.4) is 0 Å². The van der Waals surface area contributed by atoms with E-state index in [0.29, 0.717) is 23.9 Å². The molecule has 2 rings (SSSR count). The molecule has 6 heteroatoms. The number of ether oxygens (including phenoxy) is 1. The molecule has 6 nitrogen and oxygen atoms in total. The number of benzene rings is 1. The molecule has 2 N–H and O–H groups in total. The Kier molecular flexibility index (Phi) is 6.35. The van der Waals surface area contributed by atoms with Crippen molar-refractivity contribution in [3.63, 3.8) is 0 Å². The van der Waals surface area contributed by atoms with Crippen molar-refractivity contribution in [3.05, 3.63) is 42.1 Å². The number of hydrogen-bond donors (Lipinski definition) is 2. The molecule has 0 fully saturated rings. The van der Waals surface area contributed by atoms with Crippen LogP contribution in [0, 0.1) is 0 Å². The second kappa shape index (κ2) is 8.73. The second-order valence-electron chi connectivity index (χ2n) is 4.97. The number of para-hydroxylation sites is 2. The van der Waals surface area contributed by atoms with Crippen molar-refractivity contribution in [1.82, 2.24) is 10.2 Å². The number of rotatable bonds is 8. The van der Waals surface area contributed by atoms with Crippen LogP contribution in [-0.4, -0.2) is 29.3 Å². The molecule has 2 aromatic rings. The van der Waals surface area contributed by atoms with Gasteiger partial charge in [0.25, 0.3) is 5.91 Å². The van der Waals surface area contributed by atoms with Crippen LogP contribution in [0.15, 0.2) is 36.4 Å². The first-order chi connectivity index (χ1) is 11.2. The molecule has 0 unspecified atom stereocenters. The molecule has 1 amide bonds. The van der Waals surface area contributed by atoms with Crippen LogP contribution in [0.25, 0.3) is 0 Å². The van der Waals surface area contributed by atoms with Crippen LogP contribution >= 0.6 is 0 Å². The van der Waals surface area contributed by atoms with E-state index in [1.165, 1.54) is 0 Å². The van der Waals surface area contributed by atoms with E-state index in [9.17, 15) is 4.79 Å². The van der Waals surface area contributed by atoms with Gasteiger partial charge in [0.15, 0.2) is 5.69 Å². The lowest BCUT2D eigenvalue weighted by Crippen LogP contribution is -2.15. The number of carbonyl (C=O) groups excluding carboxylic acids is 1. The third-order valence-corrected chi connectivity index (χ3v) is 3.17. The van der Waals surface area contributed by atoms with Crippen molar-refractivity contribution >= 4 is 17.4 Å². The summed E-state index contributed by atoms with van der Waals surface area (Å²) in [6, 6.07) is 10.7. The van der Waals surface area contributed by atoms with Crippen LogP contribution in [0.5, 0.6) is 5.75 Å². The number of aromatic nitrogens is 2. The normalized spacial score (nSPS) is 10.2. The summed E-state index contributed by atoms with van der Waals surface area (Å²) in [6.45, 7) is 5.40. The van der Waals surface area contributed by atoms with Crippen molar-refractivity contribution in [2.24, 2.45) is 0 Å². The van der Waals surface area contributed by atoms with Crippen molar-refractivity contribution < 1.29 is 9.53 Å². The number of anilines is 2. The zero-order valence-corrected chi connectivity index (χ0v) is 13.5. The van der Waals surface area contributed by atoms with Gasteiger partial charge in [0.1, 0.15) is 11.6 Å². The minimum Gasteiger partial charge on any atom is -0.492 e. The minimum atomic E-state index is -0.315. The van der Waals surface area contributed by atoms with Crippen molar-refractivity contribution in [1.29, 1.82) is 0 Å². The summed E-state index contributed by atoms with van der Waals surface area (Å²) < 4.78 is 5.49. The van der Waals surface area contributed by atoms with Gasteiger partial charge in [0.2, 0.25) is 0 Å².